The molecule has 0 spiro atoms. The average Bonchev–Trinajstić information content (AvgIpc) is 2.62. The number of alkyl halides is 2. The molecule has 31 heavy (non-hydrogen) atoms. The normalized spacial score (nSPS) is 23.0. The Hall–Kier alpha value is -1.05. The van der Waals surface area contributed by atoms with Gasteiger partial charge in [0, 0.05) is 25.5 Å². The van der Waals surface area contributed by atoms with Crippen molar-refractivity contribution < 1.29 is 27.5 Å². The van der Waals surface area contributed by atoms with Gasteiger partial charge in [0.05, 0.1) is 12.2 Å². The molecule has 0 aromatic heterocycles. The minimum absolute atomic E-state index is 0.0774. The summed E-state index contributed by atoms with van der Waals surface area (Å²) in [5, 5.41) is -0.0904. The second kappa shape index (κ2) is 10.7. The first-order chi connectivity index (χ1) is 14.0. The minimum atomic E-state index is -3.22. The summed E-state index contributed by atoms with van der Waals surface area (Å²) in [6, 6.07) is 0. The molecular weight excluding hydrogens is 418 g/mol. The van der Waals surface area contributed by atoms with Crippen molar-refractivity contribution in [3.63, 3.8) is 0 Å². The molecule has 0 N–H and O–H groups in total. The summed E-state index contributed by atoms with van der Waals surface area (Å²) in [5.74, 6) is -3.96. The Labute approximate surface area is 188 Å². The highest BCUT2D eigenvalue weighted by molar-refractivity contribution is 6.74. The molecule has 0 unspecified atom stereocenters. The van der Waals surface area contributed by atoms with Gasteiger partial charge in [-0.1, -0.05) is 46.3 Å². The van der Waals surface area contributed by atoms with Crippen LogP contribution in [0.3, 0.4) is 0 Å². The predicted molar refractivity (Wildman–Crippen MR) is 124 cm³/mol. The number of ether oxygens (including phenoxy) is 2. The van der Waals surface area contributed by atoms with Crippen LogP contribution in [0, 0.1) is 11.8 Å². The van der Waals surface area contributed by atoms with Gasteiger partial charge in [-0.25, -0.2) is 4.79 Å². The lowest BCUT2D eigenvalue weighted by Crippen LogP contribution is -2.51. The molecule has 0 aromatic carbocycles. The monoisotopic (exact) mass is 460 g/mol. The van der Waals surface area contributed by atoms with Crippen LogP contribution < -0.4 is 0 Å². The van der Waals surface area contributed by atoms with Gasteiger partial charge in [0.15, 0.2) is 14.4 Å². The average molecular weight is 461 g/mol. The Bertz CT molecular complexity index is 663. The maximum Gasteiger partial charge on any atom is 0.331 e. The molecule has 5 atom stereocenters. The van der Waals surface area contributed by atoms with Gasteiger partial charge in [0.1, 0.15) is 0 Å². The zero-order valence-corrected chi connectivity index (χ0v) is 21.9. The highest BCUT2D eigenvalue weighted by Crippen LogP contribution is 2.41. The van der Waals surface area contributed by atoms with Gasteiger partial charge in [-0.15, -0.1) is 0 Å². The van der Waals surface area contributed by atoms with E-state index in [1.165, 1.54) is 5.57 Å². The van der Waals surface area contributed by atoms with Crippen molar-refractivity contribution in [2.75, 3.05) is 7.11 Å². The smallest absolute Gasteiger partial charge is 0.331 e. The van der Waals surface area contributed by atoms with E-state index in [9.17, 15) is 13.6 Å². The fraction of sp³-hybridized carbons (Fsp3) is 0.792. The van der Waals surface area contributed by atoms with E-state index in [2.05, 4.69) is 46.9 Å². The first-order valence-corrected chi connectivity index (χ1v) is 14.0. The van der Waals surface area contributed by atoms with Gasteiger partial charge in [-0.3, -0.25) is 0 Å². The summed E-state index contributed by atoms with van der Waals surface area (Å²) in [6.07, 6.45) is 2.08. The van der Waals surface area contributed by atoms with E-state index in [0.29, 0.717) is 6.08 Å². The molecule has 0 saturated carbocycles. The highest BCUT2D eigenvalue weighted by Gasteiger charge is 2.48. The summed E-state index contributed by atoms with van der Waals surface area (Å²) in [6.45, 7) is 18.7. The van der Waals surface area contributed by atoms with Gasteiger partial charge in [-0.2, -0.15) is 8.78 Å². The molecule has 4 nitrogen and oxygen atoms in total. The summed E-state index contributed by atoms with van der Waals surface area (Å²) < 4.78 is 46.6. The Morgan fingerprint density at radius 1 is 1.29 bits per heavy atom. The molecule has 0 aromatic rings. The fourth-order valence-corrected chi connectivity index (χ4v) is 5.04. The number of carbonyl (C=O) groups excluding carboxylic acids is 1. The van der Waals surface area contributed by atoms with Crippen molar-refractivity contribution >= 4 is 14.3 Å². The number of rotatable bonds is 10. The SMILES string of the molecule is CO[C@@H]([C@H](C)[C@@H](C[C@@H]1OC(=O)C=CC1(F)F)O[Si](C)(C)C(C)(C)C)[C@@H](C)CC=C(C)C. The van der Waals surface area contributed by atoms with E-state index in [-0.39, 0.29) is 29.4 Å². The van der Waals surface area contributed by atoms with Crippen molar-refractivity contribution in [2.45, 2.75) is 104 Å². The number of allylic oxidation sites excluding steroid dienone is 2. The van der Waals surface area contributed by atoms with Crippen LogP contribution in [0.25, 0.3) is 0 Å². The maximum absolute atomic E-state index is 14.5. The highest BCUT2D eigenvalue weighted by atomic mass is 28.4. The molecule has 7 heteroatoms. The van der Waals surface area contributed by atoms with E-state index in [4.69, 9.17) is 13.9 Å². The fourth-order valence-electron chi connectivity index (χ4n) is 3.62. The predicted octanol–water partition coefficient (Wildman–Crippen LogP) is 6.53. The van der Waals surface area contributed by atoms with Crippen molar-refractivity contribution in [2.24, 2.45) is 11.8 Å². The second-order valence-electron chi connectivity index (χ2n) is 10.6. The van der Waals surface area contributed by atoms with Crippen LogP contribution in [0.15, 0.2) is 23.8 Å². The van der Waals surface area contributed by atoms with E-state index in [0.717, 1.165) is 12.5 Å². The number of carbonyl (C=O) groups is 1. The Balaban J connectivity index is 3.23. The number of esters is 1. The van der Waals surface area contributed by atoms with Crippen LogP contribution in [0.2, 0.25) is 18.1 Å². The van der Waals surface area contributed by atoms with Crippen LogP contribution in [0.4, 0.5) is 8.78 Å². The summed E-state index contributed by atoms with van der Waals surface area (Å²) in [4.78, 5) is 11.7. The lowest BCUT2D eigenvalue weighted by Gasteiger charge is -2.44. The lowest BCUT2D eigenvalue weighted by molar-refractivity contribution is -0.170. The first-order valence-electron chi connectivity index (χ1n) is 11.1. The minimum Gasteiger partial charge on any atom is -0.452 e. The van der Waals surface area contributed by atoms with Crippen LogP contribution in [-0.2, 0) is 18.7 Å². The van der Waals surface area contributed by atoms with Crippen molar-refractivity contribution in [1.29, 1.82) is 0 Å². The molecule has 0 bridgehead atoms. The van der Waals surface area contributed by atoms with E-state index in [1.54, 1.807) is 7.11 Å². The Kier molecular flexibility index (Phi) is 9.67. The van der Waals surface area contributed by atoms with Crippen molar-refractivity contribution in [1.82, 2.24) is 0 Å². The van der Waals surface area contributed by atoms with Gasteiger partial charge in [0.25, 0.3) is 0 Å². The molecule has 0 radical (unpaired) electrons. The quantitative estimate of drug-likeness (QED) is 0.211. The second-order valence-corrected chi connectivity index (χ2v) is 15.4. The number of hydrogen-bond donors (Lipinski definition) is 0. The van der Waals surface area contributed by atoms with Gasteiger partial charge in [-0.05, 0) is 50.4 Å². The third kappa shape index (κ3) is 7.79. The van der Waals surface area contributed by atoms with E-state index >= 15 is 0 Å². The standard InChI is InChI=1S/C24H42F2O4Si/c1-16(2)11-12-17(3)22(28-8)18(4)19(30-31(9,10)23(5,6)7)15-20-24(25,26)14-13-21(27)29-20/h11,13-14,17-20,22H,12,15H2,1-10H3/t17-,18+,19+,20-,22+/m0/s1. The largest absolute Gasteiger partial charge is 0.452 e. The molecule has 1 aliphatic rings. The number of hydrogen-bond acceptors (Lipinski definition) is 4. The van der Waals surface area contributed by atoms with Gasteiger partial charge in [0.2, 0.25) is 0 Å². The molecule has 1 aliphatic heterocycles. The topological polar surface area (TPSA) is 44.8 Å². The summed E-state index contributed by atoms with van der Waals surface area (Å²) >= 11 is 0. The third-order valence-corrected chi connectivity index (χ3v) is 11.2. The Morgan fingerprint density at radius 2 is 1.87 bits per heavy atom. The maximum atomic E-state index is 14.5. The molecular formula is C24H42F2O4Si. The molecule has 0 fully saturated rings. The zero-order chi connectivity index (χ0) is 24.2. The summed E-state index contributed by atoms with van der Waals surface area (Å²) in [7, 11) is -0.625. The Morgan fingerprint density at radius 3 is 2.35 bits per heavy atom. The van der Waals surface area contributed by atoms with E-state index in [1.807, 2.05) is 20.8 Å². The van der Waals surface area contributed by atoms with Gasteiger partial charge < -0.3 is 13.9 Å². The van der Waals surface area contributed by atoms with Crippen molar-refractivity contribution in [3.05, 3.63) is 23.8 Å². The molecule has 1 heterocycles. The zero-order valence-electron chi connectivity index (χ0n) is 20.9. The van der Waals surface area contributed by atoms with Crippen LogP contribution in [0.1, 0.15) is 61.3 Å². The summed E-state index contributed by atoms with van der Waals surface area (Å²) in [5.41, 5.74) is 1.23. The van der Waals surface area contributed by atoms with Crippen LogP contribution in [-0.4, -0.2) is 45.6 Å². The number of halogens is 2. The number of methoxy groups -OCH3 is 1. The molecule has 0 aliphatic carbocycles. The molecule has 1 rings (SSSR count). The lowest BCUT2D eigenvalue weighted by atomic mass is 9.84. The van der Waals surface area contributed by atoms with Crippen LogP contribution in [0.5, 0.6) is 0 Å². The molecule has 0 saturated heterocycles. The van der Waals surface area contributed by atoms with Crippen LogP contribution >= 0.6 is 0 Å². The third-order valence-electron chi connectivity index (χ3n) is 6.66. The number of cyclic esters (lactones) is 1. The molecule has 180 valence electrons. The molecule has 0 amide bonds. The first kappa shape index (κ1) is 28.0. The van der Waals surface area contributed by atoms with Gasteiger partial charge >= 0.3 is 11.9 Å². The van der Waals surface area contributed by atoms with Crippen molar-refractivity contribution in [3.8, 4) is 0 Å². The van der Waals surface area contributed by atoms with E-state index < -0.39 is 32.4 Å².